The number of furan rings is 2. The predicted octanol–water partition coefficient (Wildman–Crippen LogP) is 11.9. The monoisotopic (exact) mass is 786 g/mol. The molecule has 0 N–H and O–H groups in total. The van der Waals surface area contributed by atoms with Crippen molar-refractivity contribution in [2.45, 2.75) is 78.1 Å². The molecule has 2 saturated carbocycles. The summed E-state index contributed by atoms with van der Waals surface area (Å²) in [5, 5.41) is 4.04. The van der Waals surface area contributed by atoms with Crippen LogP contribution in [0.15, 0.2) is 86.3 Å². The zero-order valence-corrected chi connectivity index (χ0v) is 33.6. The minimum absolute atomic E-state index is 0.102. The lowest BCUT2D eigenvalue weighted by Crippen LogP contribution is -2.32. The van der Waals surface area contributed by atoms with E-state index in [1.54, 1.807) is 21.1 Å². The Hall–Kier alpha value is -4.48. The van der Waals surface area contributed by atoms with Crippen molar-refractivity contribution < 1.29 is 27.9 Å². The maximum Gasteiger partial charge on any atom is 0.262 e. The summed E-state index contributed by atoms with van der Waals surface area (Å²) in [5.41, 5.74) is 3.79. The summed E-state index contributed by atoms with van der Waals surface area (Å²) in [5.74, 6) is 2.61. The van der Waals surface area contributed by atoms with Crippen LogP contribution in [0.4, 0.5) is 0 Å². The standard InChI is InChI=1S/C46H46N2O6S2/c1-27-11-16-37(55-27)35-23-31-12-14-34-33(43(31)53-35)15-13-32-24-36(54-44(32)34)38-17-18-39(56-38)42-41-40(45(49)48(42)26-52-22-20-30-9-5-6-10-30)28(2)47(46(41)50)25-51-21-19-29-7-3-4-8-29/h11-18,23-24,29-30H,3-10,19-22,25-26H2,1-2H3. The van der Waals surface area contributed by atoms with E-state index in [1.165, 1.54) is 67.6 Å². The number of hydrogen-bond donors (Lipinski definition) is 0. The smallest absolute Gasteiger partial charge is 0.262 e. The molecule has 0 spiro atoms. The van der Waals surface area contributed by atoms with E-state index in [4.69, 9.17) is 18.3 Å². The second-order valence-electron chi connectivity index (χ2n) is 16.0. The Balaban J connectivity index is 0.953. The van der Waals surface area contributed by atoms with Crippen LogP contribution >= 0.6 is 22.7 Å². The van der Waals surface area contributed by atoms with Crippen molar-refractivity contribution in [3.05, 3.63) is 87.3 Å². The van der Waals surface area contributed by atoms with E-state index in [0.29, 0.717) is 47.6 Å². The van der Waals surface area contributed by atoms with Crippen molar-refractivity contribution in [2.24, 2.45) is 11.8 Å². The third kappa shape index (κ3) is 6.35. The zero-order valence-electron chi connectivity index (χ0n) is 32.0. The number of fused-ring (bicyclic) bond motifs is 6. The predicted molar refractivity (Wildman–Crippen MR) is 223 cm³/mol. The third-order valence-electron chi connectivity index (χ3n) is 12.4. The highest BCUT2D eigenvalue weighted by molar-refractivity contribution is 7.16. The van der Waals surface area contributed by atoms with E-state index < -0.39 is 0 Å². The van der Waals surface area contributed by atoms with Gasteiger partial charge in [0.25, 0.3) is 11.8 Å². The fraction of sp³-hybridized carbons (Fsp3) is 0.391. The summed E-state index contributed by atoms with van der Waals surface area (Å²) in [6.45, 7) is 5.41. The first kappa shape index (κ1) is 35.9. The second kappa shape index (κ2) is 14.8. The fourth-order valence-corrected chi connectivity index (χ4v) is 11.2. The maximum absolute atomic E-state index is 14.2. The molecule has 4 aliphatic rings. The Kier molecular flexibility index (Phi) is 9.48. The van der Waals surface area contributed by atoms with Gasteiger partial charge in [-0.15, -0.1) is 22.7 Å². The van der Waals surface area contributed by atoms with Crippen molar-refractivity contribution in [3.8, 4) is 21.3 Å². The van der Waals surface area contributed by atoms with Crippen LogP contribution in [0.3, 0.4) is 0 Å². The van der Waals surface area contributed by atoms with Gasteiger partial charge in [-0.05, 0) is 87.1 Å². The molecule has 56 heavy (non-hydrogen) atoms. The van der Waals surface area contributed by atoms with Gasteiger partial charge in [-0.3, -0.25) is 19.4 Å². The largest absolute Gasteiger partial charge is 0.455 e. The van der Waals surface area contributed by atoms with Crippen molar-refractivity contribution >= 4 is 72.9 Å². The van der Waals surface area contributed by atoms with Gasteiger partial charge in [-0.25, -0.2) is 0 Å². The highest BCUT2D eigenvalue weighted by Crippen LogP contribution is 2.47. The normalized spacial score (nSPS) is 18.2. The van der Waals surface area contributed by atoms with Gasteiger partial charge in [-0.1, -0.05) is 63.5 Å². The molecule has 0 bridgehead atoms. The van der Waals surface area contributed by atoms with Gasteiger partial charge >= 0.3 is 0 Å². The number of amides is 2. The molecule has 2 aromatic carbocycles. The molecule has 0 unspecified atom stereocenters. The molecular formula is C46H46N2O6S2. The molecule has 0 saturated heterocycles. The quantitative estimate of drug-likeness (QED) is 0.108. The van der Waals surface area contributed by atoms with Crippen LogP contribution in [0.1, 0.15) is 80.9 Å². The number of allylic oxidation sites excluding steroid dienone is 1. The van der Waals surface area contributed by atoms with Gasteiger partial charge in [0.15, 0.2) is 0 Å². The molecule has 10 rings (SSSR count). The molecule has 288 valence electrons. The maximum atomic E-state index is 14.2. The second-order valence-corrected chi connectivity index (χ2v) is 18.3. The molecule has 2 aliphatic carbocycles. The van der Waals surface area contributed by atoms with E-state index >= 15 is 0 Å². The number of nitrogens with zero attached hydrogens (tertiary/aromatic N) is 2. The minimum Gasteiger partial charge on any atom is -0.455 e. The van der Waals surface area contributed by atoms with Crippen LogP contribution in [0.25, 0.3) is 59.7 Å². The molecule has 2 aliphatic heterocycles. The summed E-state index contributed by atoms with van der Waals surface area (Å²) in [4.78, 5) is 35.8. The fourth-order valence-electron chi connectivity index (χ4n) is 9.32. The van der Waals surface area contributed by atoms with Crippen molar-refractivity contribution in [3.63, 3.8) is 0 Å². The number of thiophene rings is 2. The molecule has 2 fully saturated rings. The van der Waals surface area contributed by atoms with Crippen LogP contribution in [0.5, 0.6) is 0 Å². The molecule has 10 heteroatoms. The number of carbonyl (C=O) groups excluding carboxylic acids is 2. The van der Waals surface area contributed by atoms with Crippen LogP contribution in [-0.2, 0) is 19.1 Å². The average molecular weight is 787 g/mol. The highest BCUT2D eigenvalue weighted by Gasteiger charge is 2.48. The number of ether oxygens (including phenoxy) is 2. The first-order valence-electron chi connectivity index (χ1n) is 20.2. The van der Waals surface area contributed by atoms with Gasteiger partial charge in [0, 0.05) is 45.3 Å². The zero-order chi connectivity index (χ0) is 37.9. The number of aryl methyl sites for hydroxylation is 1. The van der Waals surface area contributed by atoms with Crippen molar-refractivity contribution in [2.75, 3.05) is 26.7 Å². The highest BCUT2D eigenvalue weighted by atomic mass is 32.1. The Morgan fingerprint density at radius 1 is 0.625 bits per heavy atom. The first-order valence-corrected chi connectivity index (χ1v) is 21.9. The Bertz CT molecular complexity index is 2550. The Morgan fingerprint density at radius 2 is 1.14 bits per heavy atom. The average Bonchev–Trinajstić information content (AvgIpc) is 4.05. The number of rotatable bonds is 13. The molecule has 0 radical (unpaired) electrons. The van der Waals surface area contributed by atoms with Gasteiger partial charge in [0.2, 0.25) is 0 Å². The Labute approximate surface area is 334 Å². The molecular weight excluding hydrogens is 741 g/mol. The van der Waals surface area contributed by atoms with E-state index in [2.05, 4.69) is 55.5 Å². The van der Waals surface area contributed by atoms with Gasteiger partial charge in [0.1, 0.15) is 36.1 Å². The molecule has 6 heterocycles. The summed E-state index contributed by atoms with van der Waals surface area (Å²) < 4.78 is 25.4. The van der Waals surface area contributed by atoms with E-state index in [9.17, 15) is 9.59 Å². The van der Waals surface area contributed by atoms with Crippen LogP contribution < -0.4 is 0 Å². The van der Waals surface area contributed by atoms with E-state index in [1.807, 2.05) is 19.1 Å². The summed E-state index contributed by atoms with van der Waals surface area (Å²) in [6.07, 6.45) is 12.2. The van der Waals surface area contributed by atoms with Crippen LogP contribution in [0.2, 0.25) is 0 Å². The first-order chi connectivity index (χ1) is 27.4. The van der Waals surface area contributed by atoms with E-state index in [-0.39, 0.29) is 25.3 Å². The van der Waals surface area contributed by atoms with E-state index in [0.717, 1.165) is 71.7 Å². The van der Waals surface area contributed by atoms with Gasteiger partial charge < -0.3 is 18.3 Å². The lowest BCUT2D eigenvalue weighted by Gasteiger charge is -2.23. The lowest BCUT2D eigenvalue weighted by atomic mass is 10.1. The lowest BCUT2D eigenvalue weighted by molar-refractivity contribution is -0.128. The molecule has 0 atom stereocenters. The number of benzene rings is 2. The third-order valence-corrected chi connectivity index (χ3v) is 14.5. The minimum atomic E-state index is -0.193. The Morgan fingerprint density at radius 3 is 1.71 bits per heavy atom. The SMILES string of the molecule is CC1=C2C(=O)N(COCCC3CCCC3)C(c3ccc(-c4cc5ccc6c(ccc7cc(-c8ccc(C)s8)oc76)c5o4)s3)=C2C(=O)N1COCCC1CCCC1. The van der Waals surface area contributed by atoms with Gasteiger partial charge in [0.05, 0.1) is 31.5 Å². The van der Waals surface area contributed by atoms with Crippen molar-refractivity contribution in [1.82, 2.24) is 9.80 Å². The van der Waals surface area contributed by atoms with Gasteiger partial charge in [-0.2, -0.15) is 0 Å². The summed E-state index contributed by atoms with van der Waals surface area (Å²) in [7, 11) is 0. The number of hydrogen-bond acceptors (Lipinski definition) is 8. The molecule has 2 amide bonds. The summed E-state index contributed by atoms with van der Waals surface area (Å²) in [6, 6.07) is 20.8. The van der Waals surface area contributed by atoms with Crippen LogP contribution in [-0.4, -0.2) is 48.3 Å². The van der Waals surface area contributed by atoms with Crippen LogP contribution in [0, 0.1) is 18.8 Å². The molecule has 8 nitrogen and oxygen atoms in total. The topological polar surface area (TPSA) is 85.4 Å². The molecule has 6 aromatic rings. The number of carbonyl (C=O) groups is 2. The molecule has 4 aromatic heterocycles. The summed E-state index contributed by atoms with van der Waals surface area (Å²) >= 11 is 3.25. The van der Waals surface area contributed by atoms with Crippen molar-refractivity contribution in [1.29, 1.82) is 0 Å².